The smallest absolute Gasteiger partial charge is 0.242 e. The maximum absolute atomic E-state index is 13.3. The minimum Gasteiger partial charge on any atom is -0.461 e. The van der Waals surface area contributed by atoms with Crippen LogP contribution in [0.5, 0.6) is 0 Å². The summed E-state index contributed by atoms with van der Waals surface area (Å²) in [5.41, 5.74) is 2.47. The van der Waals surface area contributed by atoms with Crippen molar-refractivity contribution in [2.24, 2.45) is 0 Å². The molecule has 158 valence electrons. The molecule has 0 saturated carbocycles. The third-order valence-corrected chi connectivity index (χ3v) is 6.42. The van der Waals surface area contributed by atoms with Crippen molar-refractivity contribution in [3.05, 3.63) is 83.1 Å². The van der Waals surface area contributed by atoms with Crippen molar-refractivity contribution in [1.29, 1.82) is 0 Å². The molecule has 0 aliphatic carbocycles. The van der Waals surface area contributed by atoms with Gasteiger partial charge in [-0.05, 0) is 49.2 Å². The number of amides is 1. The molecule has 4 aromatic rings. The Morgan fingerprint density at radius 3 is 2.65 bits per heavy atom. The highest BCUT2D eigenvalue weighted by atomic mass is 35.5. The number of aryl methyl sites for hydroxylation is 1. The second-order valence-electron chi connectivity index (χ2n) is 6.89. The molecule has 0 aliphatic heterocycles. The number of nitrogens with one attached hydrogen (secondary N) is 1. The van der Waals surface area contributed by atoms with Gasteiger partial charge >= 0.3 is 0 Å². The van der Waals surface area contributed by atoms with Gasteiger partial charge in [-0.3, -0.25) is 9.36 Å². The predicted octanol–water partition coefficient (Wildman–Crippen LogP) is 5.99. The van der Waals surface area contributed by atoms with Gasteiger partial charge < -0.3 is 9.73 Å². The Hall–Kier alpha value is -3.03. The Kier molecular flexibility index (Phi) is 6.44. The Morgan fingerprint density at radius 1 is 1.16 bits per heavy atom. The molecule has 2 aromatic heterocycles. The number of halogens is 1. The minimum atomic E-state index is -0.528. The summed E-state index contributed by atoms with van der Waals surface area (Å²) in [6, 6.07) is 18.7. The van der Waals surface area contributed by atoms with Crippen LogP contribution in [-0.4, -0.2) is 20.7 Å². The predicted molar refractivity (Wildman–Crippen MR) is 123 cm³/mol. The first-order chi connectivity index (χ1) is 15.1. The van der Waals surface area contributed by atoms with Gasteiger partial charge in [0.25, 0.3) is 0 Å². The first-order valence-corrected chi connectivity index (χ1v) is 11.1. The maximum atomic E-state index is 13.3. The first kappa shape index (κ1) is 21.2. The molecule has 0 spiro atoms. The SMILES string of the molecule is CCn1c(SC(C(=O)Nc2ccc(C)c(Cl)c2)c2ccccc2)nnc1-c1ccco1. The molecular formula is C23H21ClN4O2S. The Morgan fingerprint density at radius 2 is 1.97 bits per heavy atom. The Balaban J connectivity index is 1.65. The summed E-state index contributed by atoms with van der Waals surface area (Å²) < 4.78 is 7.43. The van der Waals surface area contributed by atoms with Crippen LogP contribution in [0, 0.1) is 6.92 Å². The molecule has 2 aromatic carbocycles. The third kappa shape index (κ3) is 4.68. The van der Waals surface area contributed by atoms with Gasteiger partial charge in [-0.25, -0.2) is 0 Å². The van der Waals surface area contributed by atoms with E-state index in [1.807, 2.05) is 73.0 Å². The molecule has 0 bridgehead atoms. The topological polar surface area (TPSA) is 73.0 Å². The van der Waals surface area contributed by atoms with Crippen LogP contribution in [0.3, 0.4) is 0 Å². The summed E-state index contributed by atoms with van der Waals surface area (Å²) >= 11 is 7.58. The Labute approximate surface area is 189 Å². The average molecular weight is 453 g/mol. The number of carbonyl (C=O) groups excluding carboxylic acids is 1. The lowest BCUT2D eigenvalue weighted by molar-refractivity contribution is -0.115. The van der Waals surface area contributed by atoms with Crippen molar-refractivity contribution in [2.45, 2.75) is 30.8 Å². The number of benzene rings is 2. The fourth-order valence-corrected chi connectivity index (χ4v) is 4.41. The van der Waals surface area contributed by atoms with Crippen LogP contribution < -0.4 is 5.32 Å². The van der Waals surface area contributed by atoms with E-state index in [0.29, 0.717) is 34.0 Å². The summed E-state index contributed by atoms with van der Waals surface area (Å²) in [7, 11) is 0. The van der Waals surface area contributed by atoms with E-state index in [2.05, 4.69) is 15.5 Å². The molecule has 1 N–H and O–H groups in total. The van der Waals surface area contributed by atoms with Gasteiger partial charge in [0.15, 0.2) is 16.7 Å². The van der Waals surface area contributed by atoms with Gasteiger partial charge in [0.2, 0.25) is 5.91 Å². The fraction of sp³-hybridized carbons (Fsp3) is 0.174. The maximum Gasteiger partial charge on any atom is 0.242 e. The second kappa shape index (κ2) is 9.41. The van der Waals surface area contributed by atoms with E-state index in [-0.39, 0.29) is 5.91 Å². The molecule has 4 rings (SSSR count). The number of carbonyl (C=O) groups is 1. The van der Waals surface area contributed by atoms with Crippen molar-refractivity contribution < 1.29 is 9.21 Å². The highest BCUT2D eigenvalue weighted by Gasteiger charge is 2.26. The lowest BCUT2D eigenvalue weighted by Crippen LogP contribution is -2.19. The van der Waals surface area contributed by atoms with E-state index >= 15 is 0 Å². The largest absolute Gasteiger partial charge is 0.461 e. The molecule has 0 radical (unpaired) electrons. The number of aromatic nitrogens is 3. The molecule has 1 unspecified atom stereocenters. The van der Waals surface area contributed by atoms with Crippen LogP contribution in [0.15, 0.2) is 76.5 Å². The highest BCUT2D eigenvalue weighted by Crippen LogP contribution is 2.37. The minimum absolute atomic E-state index is 0.165. The molecule has 6 nitrogen and oxygen atoms in total. The zero-order valence-corrected chi connectivity index (χ0v) is 18.7. The summed E-state index contributed by atoms with van der Waals surface area (Å²) in [6.07, 6.45) is 1.60. The van der Waals surface area contributed by atoms with E-state index in [4.69, 9.17) is 16.0 Å². The summed E-state index contributed by atoms with van der Waals surface area (Å²) in [6.45, 7) is 4.57. The number of hydrogen-bond donors (Lipinski definition) is 1. The van der Waals surface area contributed by atoms with E-state index in [1.54, 1.807) is 12.3 Å². The summed E-state index contributed by atoms with van der Waals surface area (Å²) in [5.74, 6) is 1.10. The Bertz CT molecular complexity index is 1180. The fourth-order valence-electron chi connectivity index (χ4n) is 3.13. The zero-order valence-electron chi connectivity index (χ0n) is 17.1. The molecule has 31 heavy (non-hydrogen) atoms. The highest BCUT2D eigenvalue weighted by molar-refractivity contribution is 8.00. The van der Waals surface area contributed by atoms with Gasteiger partial charge in [0, 0.05) is 17.3 Å². The summed E-state index contributed by atoms with van der Waals surface area (Å²) in [5, 5.41) is 12.3. The van der Waals surface area contributed by atoms with E-state index in [1.165, 1.54) is 11.8 Å². The average Bonchev–Trinajstić information content (AvgIpc) is 3.44. The molecular weight excluding hydrogens is 432 g/mol. The molecule has 0 saturated heterocycles. The first-order valence-electron chi connectivity index (χ1n) is 9.82. The van der Waals surface area contributed by atoms with Crippen molar-refractivity contribution in [1.82, 2.24) is 14.8 Å². The van der Waals surface area contributed by atoms with E-state index in [0.717, 1.165) is 11.1 Å². The van der Waals surface area contributed by atoms with E-state index in [9.17, 15) is 4.79 Å². The lowest BCUT2D eigenvalue weighted by Gasteiger charge is -2.17. The van der Waals surface area contributed by atoms with Crippen LogP contribution in [-0.2, 0) is 11.3 Å². The molecule has 0 aliphatic rings. The number of furan rings is 1. The third-order valence-electron chi connectivity index (χ3n) is 4.78. The van der Waals surface area contributed by atoms with Gasteiger partial charge in [0.1, 0.15) is 5.25 Å². The number of thioether (sulfide) groups is 1. The molecule has 1 atom stereocenters. The van der Waals surface area contributed by atoms with Crippen molar-refractivity contribution in [3.63, 3.8) is 0 Å². The number of rotatable bonds is 7. The number of hydrogen-bond acceptors (Lipinski definition) is 5. The van der Waals surface area contributed by atoms with Crippen LogP contribution in [0.25, 0.3) is 11.6 Å². The second-order valence-corrected chi connectivity index (χ2v) is 8.37. The van der Waals surface area contributed by atoms with E-state index < -0.39 is 5.25 Å². The van der Waals surface area contributed by atoms with Gasteiger partial charge in [-0.2, -0.15) is 0 Å². The van der Waals surface area contributed by atoms with Crippen LogP contribution in [0.1, 0.15) is 23.3 Å². The number of nitrogens with zero attached hydrogens (tertiary/aromatic N) is 3. The molecule has 0 fully saturated rings. The van der Waals surface area contributed by atoms with Gasteiger partial charge in [-0.15, -0.1) is 10.2 Å². The zero-order chi connectivity index (χ0) is 21.8. The summed E-state index contributed by atoms with van der Waals surface area (Å²) in [4.78, 5) is 13.3. The van der Waals surface area contributed by atoms with Crippen molar-refractivity contribution >= 4 is 35.0 Å². The van der Waals surface area contributed by atoms with Gasteiger partial charge in [0.05, 0.1) is 6.26 Å². The van der Waals surface area contributed by atoms with Crippen LogP contribution >= 0.6 is 23.4 Å². The lowest BCUT2D eigenvalue weighted by atomic mass is 10.1. The normalized spacial score (nSPS) is 12.0. The quantitative estimate of drug-likeness (QED) is 0.348. The van der Waals surface area contributed by atoms with Crippen LogP contribution in [0.2, 0.25) is 5.02 Å². The molecule has 2 heterocycles. The van der Waals surface area contributed by atoms with Gasteiger partial charge in [-0.1, -0.05) is 59.8 Å². The van der Waals surface area contributed by atoms with Crippen LogP contribution in [0.4, 0.5) is 5.69 Å². The van der Waals surface area contributed by atoms with Crippen molar-refractivity contribution in [3.8, 4) is 11.6 Å². The molecule has 1 amide bonds. The standard InChI is InChI=1S/C23H21ClN4O2S/c1-3-28-21(19-10-7-13-30-19)26-27-23(28)31-20(16-8-5-4-6-9-16)22(29)25-17-12-11-15(2)18(24)14-17/h4-14,20H,3H2,1-2H3,(H,25,29). The van der Waals surface area contributed by atoms with Crippen molar-refractivity contribution in [2.75, 3.05) is 5.32 Å². The molecule has 8 heteroatoms. The number of anilines is 1. The monoisotopic (exact) mass is 452 g/mol.